The van der Waals surface area contributed by atoms with E-state index in [1.54, 1.807) is 12.1 Å². The highest BCUT2D eigenvalue weighted by Crippen LogP contribution is 2.27. The maximum atomic E-state index is 13.3. The second-order valence-electron chi connectivity index (χ2n) is 7.39. The van der Waals surface area contributed by atoms with Gasteiger partial charge in [0.15, 0.2) is 0 Å². The Kier molecular flexibility index (Phi) is 5.83. The average Bonchev–Trinajstić information content (AvgIpc) is 2.76. The number of piperidine rings is 1. The number of aromatic amines is 1. The predicted molar refractivity (Wildman–Crippen MR) is 116 cm³/mol. The fourth-order valence-electron chi connectivity index (χ4n) is 3.63. The van der Waals surface area contributed by atoms with Crippen molar-refractivity contribution in [2.45, 2.75) is 17.7 Å². The van der Waals surface area contributed by atoms with Gasteiger partial charge in [-0.3, -0.25) is 9.59 Å². The smallest absolute Gasteiger partial charge is 0.248 e. The summed E-state index contributed by atoms with van der Waals surface area (Å²) in [4.78, 5) is 26.9. The van der Waals surface area contributed by atoms with Crippen LogP contribution in [0.4, 0.5) is 10.1 Å². The molecule has 2 N–H and O–H groups in total. The molecule has 2 aromatic carbocycles. The van der Waals surface area contributed by atoms with Gasteiger partial charge in [-0.05, 0) is 60.7 Å². The third-order valence-electron chi connectivity index (χ3n) is 5.27. The number of rotatable bonds is 4. The van der Waals surface area contributed by atoms with Crippen molar-refractivity contribution in [3.63, 3.8) is 0 Å². The summed E-state index contributed by atoms with van der Waals surface area (Å²) in [7, 11) is -3.82. The zero-order chi connectivity index (χ0) is 22.2. The Balaban J connectivity index is 1.53. The van der Waals surface area contributed by atoms with Gasteiger partial charge in [-0.15, -0.1) is 0 Å². The van der Waals surface area contributed by atoms with Gasteiger partial charge >= 0.3 is 0 Å². The Morgan fingerprint density at radius 1 is 1.16 bits per heavy atom. The van der Waals surface area contributed by atoms with E-state index in [4.69, 9.17) is 11.6 Å². The molecule has 10 heteroatoms. The second kappa shape index (κ2) is 8.41. The number of amides is 1. The molecule has 1 aliphatic heterocycles. The molecule has 0 spiro atoms. The summed E-state index contributed by atoms with van der Waals surface area (Å²) in [6, 6.07) is 11.3. The SMILES string of the molecule is O=C(Nc1ccc(F)c(Cl)c1)C1CCCN(S(=O)(=O)c2ccc3[nH]c(=O)ccc3c2)C1. The molecule has 1 fully saturated rings. The minimum absolute atomic E-state index is 0.0345. The lowest BCUT2D eigenvalue weighted by Crippen LogP contribution is -2.43. The number of hydrogen-bond acceptors (Lipinski definition) is 4. The van der Waals surface area contributed by atoms with E-state index in [1.165, 1.54) is 34.6 Å². The molecule has 1 aromatic heterocycles. The summed E-state index contributed by atoms with van der Waals surface area (Å²) >= 11 is 5.75. The first-order chi connectivity index (χ1) is 14.7. The number of carbonyl (C=O) groups is 1. The van der Waals surface area contributed by atoms with Crippen LogP contribution >= 0.6 is 11.6 Å². The Hall–Kier alpha value is -2.75. The summed E-state index contributed by atoms with van der Waals surface area (Å²) < 4.78 is 41.0. The summed E-state index contributed by atoms with van der Waals surface area (Å²) in [6.45, 7) is 0.338. The van der Waals surface area contributed by atoms with E-state index < -0.39 is 21.8 Å². The van der Waals surface area contributed by atoms with E-state index in [1.807, 2.05) is 0 Å². The lowest BCUT2D eigenvalue weighted by Gasteiger charge is -2.31. The molecule has 162 valence electrons. The van der Waals surface area contributed by atoms with Crippen molar-refractivity contribution in [3.05, 3.63) is 69.7 Å². The van der Waals surface area contributed by atoms with Crippen molar-refractivity contribution in [1.29, 1.82) is 0 Å². The Labute approximate surface area is 182 Å². The maximum Gasteiger partial charge on any atom is 0.248 e. The molecular formula is C21H19ClFN3O4S. The number of aromatic nitrogens is 1. The van der Waals surface area contributed by atoms with Crippen LogP contribution in [-0.2, 0) is 14.8 Å². The van der Waals surface area contributed by atoms with E-state index in [0.29, 0.717) is 36.0 Å². The minimum atomic E-state index is -3.82. The van der Waals surface area contributed by atoms with Gasteiger partial charge in [0, 0.05) is 30.4 Å². The molecule has 1 aliphatic rings. The Morgan fingerprint density at radius 2 is 1.97 bits per heavy atom. The monoisotopic (exact) mass is 463 g/mol. The van der Waals surface area contributed by atoms with Gasteiger partial charge in [-0.1, -0.05) is 11.6 Å². The van der Waals surface area contributed by atoms with E-state index >= 15 is 0 Å². The molecule has 1 atom stereocenters. The molecular weight excluding hydrogens is 445 g/mol. The average molecular weight is 464 g/mol. The van der Waals surface area contributed by atoms with Crippen molar-refractivity contribution in [2.75, 3.05) is 18.4 Å². The van der Waals surface area contributed by atoms with Crippen LogP contribution in [0.2, 0.25) is 5.02 Å². The van der Waals surface area contributed by atoms with Crippen molar-refractivity contribution in [1.82, 2.24) is 9.29 Å². The molecule has 31 heavy (non-hydrogen) atoms. The van der Waals surface area contributed by atoms with Gasteiger partial charge in [0.05, 0.1) is 15.8 Å². The van der Waals surface area contributed by atoms with Crippen LogP contribution in [-0.4, -0.2) is 36.7 Å². The van der Waals surface area contributed by atoms with Gasteiger partial charge in [0.1, 0.15) is 5.82 Å². The number of H-pyrrole nitrogens is 1. The highest BCUT2D eigenvalue weighted by Gasteiger charge is 2.33. The Morgan fingerprint density at radius 3 is 2.74 bits per heavy atom. The number of carbonyl (C=O) groups excluding carboxylic acids is 1. The quantitative estimate of drug-likeness (QED) is 0.619. The normalized spacial score (nSPS) is 17.5. The van der Waals surface area contributed by atoms with Gasteiger partial charge < -0.3 is 10.3 Å². The van der Waals surface area contributed by atoms with E-state index in [-0.39, 0.29) is 27.9 Å². The highest BCUT2D eigenvalue weighted by atomic mass is 35.5. The lowest BCUT2D eigenvalue weighted by molar-refractivity contribution is -0.120. The first-order valence-electron chi connectivity index (χ1n) is 9.63. The minimum Gasteiger partial charge on any atom is -0.326 e. The summed E-state index contributed by atoms with van der Waals surface area (Å²) in [5.41, 5.74) is 0.621. The molecule has 1 saturated heterocycles. The number of anilines is 1. The van der Waals surface area contributed by atoms with E-state index in [2.05, 4.69) is 10.3 Å². The molecule has 2 heterocycles. The van der Waals surface area contributed by atoms with Gasteiger partial charge in [-0.25, -0.2) is 12.8 Å². The van der Waals surface area contributed by atoms with Crippen LogP contribution in [0.3, 0.4) is 0 Å². The zero-order valence-electron chi connectivity index (χ0n) is 16.3. The first-order valence-corrected chi connectivity index (χ1v) is 11.4. The van der Waals surface area contributed by atoms with Gasteiger partial charge in [-0.2, -0.15) is 4.31 Å². The van der Waals surface area contributed by atoms with Crippen molar-refractivity contribution >= 4 is 44.1 Å². The van der Waals surface area contributed by atoms with E-state index in [9.17, 15) is 22.4 Å². The molecule has 0 bridgehead atoms. The van der Waals surface area contributed by atoms with Crippen LogP contribution in [0.1, 0.15) is 12.8 Å². The standard InChI is InChI=1S/C21H19ClFN3O4S/c22-17-11-15(4-6-18(17)23)24-21(28)14-2-1-9-26(12-14)31(29,30)16-5-7-19-13(10-16)3-8-20(27)25-19/h3-8,10-11,14H,1-2,9,12H2,(H,24,28)(H,25,27). The molecule has 1 unspecified atom stereocenters. The van der Waals surface area contributed by atoms with Crippen LogP contribution in [0, 0.1) is 11.7 Å². The number of sulfonamides is 1. The molecule has 7 nitrogen and oxygen atoms in total. The number of halogens is 2. The number of pyridine rings is 1. The molecule has 0 saturated carbocycles. The fourth-order valence-corrected chi connectivity index (χ4v) is 5.38. The first kappa shape index (κ1) is 21.5. The number of nitrogens with zero attached hydrogens (tertiary/aromatic N) is 1. The second-order valence-corrected chi connectivity index (χ2v) is 9.74. The van der Waals surface area contributed by atoms with E-state index in [0.717, 1.165) is 6.07 Å². The molecule has 3 aromatic rings. The van der Waals surface area contributed by atoms with Crippen LogP contribution in [0.25, 0.3) is 10.9 Å². The third kappa shape index (κ3) is 4.48. The van der Waals surface area contributed by atoms with Crippen LogP contribution < -0.4 is 10.9 Å². The van der Waals surface area contributed by atoms with Crippen molar-refractivity contribution in [2.24, 2.45) is 5.92 Å². The summed E-state index contributed by atoms with van der Waals surface area (Å²) in [5.74, 6) is -1.49. The van der Waals surface area contributed by atoms with Crippen LogP contribution in [0.15, 0.2) is 58.2 Å². The third-order valence-corrected chi connectivity index (χ3v) is 7.43. The zero-order valence-corrected chi connectivity index (χ0v) is 17.8. The predicted octanol–water partition coefficient (Wildman–Crippen LogP) is 3.36. The van der Waals surface area contributed by atoms with Crippen LogP contribution in [0.5, 0.6) is 0 Å². The van der Waals surface area contributed by atoms with Gasteiger partial charge in [0.2, 0.25) is 21.5 Å². The largest absolute Gasteiger partial charge is 0.326 e. The summed E-state index contributed by atoms with van der Waals surface area (Å²) in [6.07, 6.45) is 1.06. The molecule has 0 radical (unpaired) electrons. The lowest BCUT2D eigenvalue weighted by atomic mass is 9.99. The summed E-state index contributed by atoms with van der Waals surface area (Å²) in [5, 5.41) is 3.16. The van der Waals surface area contributed by atoms with Crippen molar-refractivity contribution in [3.8, 4) is 0 Å². The maximum absolute atomic E-state index is 13.3. The Bertz CT molecular complexity index is 1330. The number of nitrogens with one attached hydrogen (secondary N) is 2. The molecule has 4 rings (SSSR count). The molecule has 0 aliphatic carbocycles. The fraction of sp³-hybridized carbons (Fsp3) is 0.238. The molecule has 1 amide bonds. The highest BCUT2D eigenvalue weighted by molar-refractivity contribution is 7.89. The number of fused-ring (bicyclic) bond motifs is 1. The van der Waals surface area contributed by atoms with Crippen molar-refractivity contribution < 1.29 is 17.6 Å². The number of benzene rings is 2. The number of hydrogen-bond donors (Lipinski definition) is 2. The van der Waals surface area contributed by atoms with Gasteiger partial charge in [0.25, 0.3) is 0 Å². The topological polar surface area (TPSA) is 99.3 Å².